The molecule has 0 bridgehead atoms. The highest BCUT2D eigenvalue weighted by Gasteiger charge is 2.30. The van der Waals surface area contributed by atoms with Crippen LogP contribution in [0.5, 0.6) is 0 Å². The van der Waals surface area contributed by atoms with Crippen LogP contribution in [0.15, 0.2) is 0 Å². The molecule has 0 aromatic rings. The smallest absolute Gasteiger partial charge is 0.462 e. The molecular weight excluding hydrogens is 1380 g/mol. The number of hydrogen-bond donors (Lipinski definition) is 3. The van der Waals surface area contributed by atoms with Gasteiger partial charge in [-0.1, -0.05) is 420 Å². The van der Waals surface area contributed by atoms with Crippen LogP contribution in [0.1, 0.15) is 471 Å². The standard InChI is InChI=1S/C87H170O17P2/c1-6-9-12-15-18-20-22-24-26-28-30-32-34-36-38-40-44-48-52-57-62-67-72-87(92)104-83(77-98-85(90)71-66-61-56-51-47-43-39-37-35-33-31-29-27-25-23-21-19-16-13-10-7-2)79-102-106(95,96)100-75-81(88)74-99-105(93,94)101-78-82(76-97-84(89)70-65-60-54-17-14-11-8-3)103-86(91)73-68-63-58-53-49-45-41-42-46-50-55-59-64-69-80(4)5/h80-83,88H,6-79H2,1-5H3,(H,93,94)(H,95,96)/t81-,82+,83+/m0/s1. The Balaban J connectivity index is 5.15. The second-order valence-electron chi connectivity index (χ2n) is 31.8. The van der Waals surface area contributed by atoms with Crippen LogP contribution in [-0.4, -0.2) is 96.7 Å². The van der Waals surface area contributed by atoms with Crippen molar-refractivity contribution in [1.82, 2.24) is 0 Å². The summed E-state index contributed by atoms with van der Waals surface area (Å²) in [6.07, 6.45) is 74.0. The highest BCUT2D eigenvalue weighted by molar-refractivity contribution is 7.47. The molecule has 0 spiro atoms. The van der Waals surface area contributed by atoms with E-state index in [0.29, 0.717) is 25.7 Å². The fourth-order valence-electron chi connectivity index (χ4n) is 13.6. The van der Waals surface area contributed by atoms with E-state index in [0.717, 1.165) is 109 Å². The quantitative estimate of drug-likeness (QED) is 0.0222. The summed E-state index contributed by atoms with van der Waals surface area (Å²) in [7, 11) is -9.92. The lowest BCUT2D eigenvalue weighted by atomic mass is 10.0. The van der Waals surface area contributed by atoms with Gasteiger partial charge in [0.2, 0.25) is 0 Å². The van der Waals surface area contributed by atoms with Crippen LogP contribution in [0.3, 0.4) is 0 Å². The molecule has 19 heteroatoms. The number of aliphatic hydroxyl groups is 1. The zero-order valence-corrected chi connectivity index (χ0v) is 71.4. The van der Waals surface area contributed by atoms with Crippen LogP contribution >= 0.6 is 15.6 Å². The molecule has 2 unspecified atom stereocenters. The highest BCUT2D eigenvalue weighted by Crippen LogP contribution is 2.45. The maximum atomic E-state index is 13.1. The van der Waals surface area contributed by atoms with Crippen molar-refractivity contribution < 1.29 is 80.2 Å². The SMILES string of the molecule is CCCCCCCCCCCCCCCCCCCCCCCCC(=O)O[C@H](COC(=O)CCCCCCCCCCCCCCCCCCCCCCC)COP(=O)(O)OC[C@@H](O)COP(=O)(O)OC[C@@H](COC(=O)CCCCCCCCC)OC(=O)CCCCCCCCCCCCCCCC(C)C. The fraction of sp³-hybridized carbons (Fsp3) is 0.954. The lowest BCUT2D eigenvalue weighted by Crippen LogP contribution is -2.30. The van der Waals surface area contributed by atoms with E-state index in [4.69, 9.17) is 37.0 Å². The van der Waals surface area contributed by atoms with Crippen molar-refractivity contribution in [2.45, 2.75) is 490 Å². The van der Waals surface area contributed by atoms with Gasteiger partial charge in [0.1, 0.15) is 19.3 Å². The number of hydrogen-bond acceptors (Lipinski definition) is 15. The van der Waals surface area contributed by atoms with Gasteiger partial charge in [-0.05, 0) is 31.6 Å². The number of ether oxygens (including phenoxy) is 4. The van der Waals surface area contributed by atoms with Gasteiger partial charge in [0.05, 0.1) is 26.4 Å². The Labute approximate surface area is 651 Å². The van der Waals surface area contributed by atoms with Crippen LogP contribution in [0.25, 0.3) is 0 Å². The summed E-state index contributed by atoms with van der Waals surface area (Å²) in [6, 6.07) is 0. The number of unbranched alkanes of at least 4 members (excludes halogenated alkanes) is 59. The molecule has 0 amide bonds. The molecule has 0 fully saturated rings. The second-order valence-corrected chi connectivity index (χ2v) is 34.7. The summed E-state index contributed by atoms with van der Waals surface area (Å²) in [5.41, 5.74) is 0. The molecule has 0 aliphatic heterocycles. The minimum absolute atomic E-state index is 0.107. The van der Waals surface area contributed by atoms with Crippen LogP contribution in [0.2, 0.25) is 0 Å². The molecule has 0 aromatic carbocycles. The van der Waals surface area contributed by atoms with Gasteiger partial charge >= 0.3 is 39.5 Å². The number of carbonyl (C=O) groups is 4. The molecule has 0 radical (unpaired) electrons. The first-order chi connectivity index (χ1) is 51.5. The zero-order chi connectivity index (χ0) is 77.6. The molecule has 3 N–H and O–H groups in total. The van der Waals surface area contributed by atoms with Gasteiger partial charge in [-0.15, -0.1) is 0 Å². The van der Waals surface area contributed by atoms with Crippen molar-refractivity contribution in [1.29, 1.82) is 0 Å². The summed E-state index contributed by atoms with van der Waals surface area (Å²) < 4.78 is 68.8. The van der Waals surface area contributed by atoms with Gasteiger partial charge in [-0.25, -0.2) is 9.13 Å². The molecule has 0 aliphatic carbocycles. The summed E-state index contributed by atoms with van der Waals surface area (Å²) in [5, 5.41) is 10.7. The van der Waals surface area contributed by atoms with E-state index < -0.39 is 97.5 Å². The third-order valence-electron chi connectivity index (χ3n) is 20.5. The van der Waals surface area contributed by atoms with Gasteiger partial charge in [-0.3, -0.25) is 37.3 Å². The van der Waals surface area contributed by atoms with Gasteiger partial charge in [0.25, 0.3) is 0 Å². The summed E-state index contributed by atoms with van der Waals surface area (Å²) in [4.78, 5) is 73.1. The first kappa shape index (κ1) is 104. The largest absolute Gasteiger partial charge is 0.472 e. The van der Waals surface area contributed by atoms with Crippen LogP contribution in [-0.2, 0) is 65.4 Å². The molecule has 17 nitrogen and oxygen atoms in total. The van der Waals surface area contributed by atoms with Crippen molar-refractivity contribution in [2.24, 2.45) is 5.92 Å². The molecule has 106 heavy (non-hydrogen) atoms. The van der Waals surface area contributed by atoms with E-state index in [1.165, 1.54) is 283 Å². The number of aliphatic hydroxyl groups excluding tert-OH is 1. The van der Waals surface area contributed by atoms with Crippen molar-refractivity contribution >= 4 is 39.5 Å². The summed E-state index contributed by atoms with van der Waals surface area (Å²) >= 11 is 0. The van der Waals surface area contributed by atoms with Crippen LogP contribution in [0, 0.1) is 5.92 Å². The second kappa shape index (κ2) is 79.7. The predicted octanol–water partition coefficient (Wildman–Crippen LogP) is 26.8. The Morgan fingerprint density at radius 2 is 0.434 bits per heavy atom. The maximum absolute atomic E-state index is 13.1. The molecule has 630 valence electrons. The topological polar surface area (TPSA) is 237 Å². The lowest BCUT2D eigenvalue weighted by Gasteiger charge is -2.21. The number of esters is 4. The van der Waals surface area contributed by atoms with Crippen molar-refractivity contribution in [3.8, 4) is 0 Å². The van der Waals surface area contributed by atoms with Crippen molar-refractivity contribution in [3.63, 3.8) is 0 Å². The van der Waals surface area contributed by atoms with Gasteiger partial charge in [0, 0.05) is 25.7 Å². The first-order valence-corrected chi connectivity index (χ1v) is 48.1. The average Bonchev–Trinajstić information content (AvgIpc) is 0.906. The minimum atomic E-state index is -4.96. The molecule has 0 rings (SSSR count). The van der Waals surface area contributed by atoms with E-state index in [1.807, 2.05) is 0 Å². The van der Waals surface area contributed by atoms with Gasteiger partial charge < -0.3 is 33.8 Å². The van der Waals surface area contributed by atoms with E-state index >= 15 is 0 Å². The number of phosphoric ester groups is 2. The molecule has 5 atom stereocenters. The molecule has 0 aromatic heterocycles. The zero-order valence-electron chi connectivity index (χ0n) is 69.6. The Morgan fingerprint density at radius 1 is 0.255 bits per heavy atom. The Morgan fingerprint density at radius 3 is 0.642 bits per heavy atom. The maximum Gasteiger partial charge on any atom is 0.472 e. The summed E-state index contributed by atoms with van der Waals surface area (Å²) in [5.74, 6) is -1.32. The molecular formula is C87H170O17P2. The molecule has 0 heterocycles. The Bertz CT molecular complexity index is 2010. The number of rotatable bonds is 87. The van der Waals surface area contributed by atoms with Crippen LogP contribution < -0.4 is 0 Å². The lowest BCUT2D eigenvalue weighted by molar-refractivity contribution is -0.161. The summed E-state index contributed by atoms with van der Waals surface area (Å²) in [6.45, 7) is 7.33. The fourth-order valence-corrected chi connectivity index (χ4v) is 15.2. The normalized spacial score (nSPS) is 13.7. The van der Waals surface area contributed by atoms with Gasteiger partial charge in [0.15, 0.2) is 12.2 Å². The average molecular weight is 1550 g/mol. The Kier molecular flexibility index (Phi) is 78.2. The third-order valence-corrected chi connectivity index (χ3v) is 22.4. The monoisotopic (exact) mass is 1550 g/mol. The van der Waals surface area contributed by atoms with E-state index in [9.17, 15) is 43.2 Å². The van der Waals surface area contributed by atoms with Gasteiger partial charge in [-0.2, -0.15) is 0 Å². The molecule has 0 saturated carbocycles. The minimum Gasteiger partial charge on any atom is -0.462 e. The van der Waals surface area contributed by atoms with Crippen LogP contribution in [0.4, 0.5) is 0 Å². The first-order valence-electron chi connectivity index (χ1n) is 45.1. The third kappa shape index (κ3) is 80.1. The number of carbonyl (C=O) groups excluding carboxylic acids is 4. The number of phosphoric acid groups is 2. The molecule has 0 aliphatic rings. The van der Waals surface area contributed by atoms with E-state index in [1.54, 1.807) is 0 Å². The van der Waals surface area contributed by atoms with Crippen molar-refractivity contribution in [2.75, 3.05) is 39.6 Å². The highest BCUT2D eigenvalue weighted by atomic mass is 31.2. The van der Waals surface area contributed by atoms with E-state index in [-0.39, 0.29) is 25.7 Å². The Hall–Kier alpha value is -1.94. The predicted molar refractivity (Wildman–Crippen MR) is 437 cm³/mol. The van der Waals surface area contributed by atoms with Crippen molar-refractivity contribution in [3.05, 3.63) is 0 Å². The van der Waals surface area contributed by atoms with E-state index in [2.05, 4.69) is 34.6 Å². The molecule has 0 saturated heterocycles.